The van der Waals surface area contributed by atoms with Gasteiger partial charge in [0, 0.05) is 5.56 Å². The Morgan fingerprint density at radius 2 is 1.41 bits per heavy atom. The molecule has 0 bridgehead atoms. The van der Waals surface area contributed by atoms with Crippen molar-refractivity contribution in [2.75, 3.05) is 13.7 Å². The first kappa shape index (κ1) is 20.4. The van der Waals surface area contributed by atoms with Crippen molar-refractivity contribution in [3.63, 3.8) is 0 Å². The smallest absolute Gasteiger partial charge is 0.185 e. The molecule has 0 spiro atoms. The molecule has 0 unspecified atom stereocenters. The van der Waals surface area contributed by atoms with E-state index < -0.39 is 0 Å². The second-order valence-electron chi connectivity index (χ2n) is 6.77. The normalized spacial score (nSPS) is 10.8. The molecule has 0 amide bonds. The van der Waals surface area contributed by atoms with Crippen molar-refractivity contribution in [3.8, 4) is 22.6 Å². The molecule has 0 saturated heterocycles. The Bertz CT molecular complexity index is 937. The summed E-state index contributed by atoms with van der Waals surface area (Å²) in [4.78, 5) is 12.4. The predicted octanol–water partition coefficient (Wildman–Crippen LogP) is 6.44. The Hall–Kier alpha value is -3.33. The van der Waals surface area contributed by atoms with Crippen LogP contribution in [0.25, 0.3) is 17.2 Å². The lowest BCUT2D eigenvalue weighted by Crippen LogP contribution is -1.96. The number of allylic oxidation sites excluding steroid dienone is 1. The van der Waals surface area contributed by atoms with Crippen LogP contribution in [0.2, 0.25) is 0 Å². The lowest BCUT2D eigenvalue weighted by molar-refractivity contribution is 0.104. The third kappa shape index (κ3) is 5.82. The molecule has 0 fully saturated rings. The molecule has 0 aliphatic rings. The highest BCUT2D eigenvalue weighted by molar-refractivity contribution is 6.07. The number of ketones is 1. The van der Waals surface area contributed by atoms with Crippen molar-refractivity contribution in [2.24, 2.45) is 0 Å². The third-order valence-corrected chi connectivity index (χ3v) is 4.67. The molecule has 0 saturated carbocycles. The van der Waals surface area contributed by atoms with Gasteiger partial charge in [0.25, 0.3) is 0 Å². The molecule has 3 heteroatoms. The maximum atomic E-state index is 12.4. The summed E-state index contributed by atoms with van der Waals surface area (Å²) in [5.74, 6) is 1.66. The second kappa shape index (κ2) is 10.3. The first-order chi connectivity index (χ1) is 14.2. The van der Waals surface area contributed by atoms with E-state index in [1.807, 2.05) is 78.9 Å². The first-order valence-electron chi connectivity index (χ1n) is 9.89. The monoisotopic (exact) mass is 386 g/mol. The van der Waals surface area contributed by atoms with Gasteiger partial charge in [0.15, 0.2) is 5.78 Å². The number of benzene rings is 3. The van der Waals surface area contributed by atoms with Crippen LogP contribution in [0.5, 0.6) is 11.5 Å². The fourth-order valence-electron chi connectivity index (χ4n) is 2.89. The number of rotatable bonds is 9. The van der Waals surface area contributed by atoms with E-state index in [4.69, 9.17) is 9.47 Å². The molecule has 0 heterocycles. The summed E-state index contributed by atoms with van der Waals surface area (Å²) in [6, 6.07) is 23.3. The average molecular weight is 386 g/mol. The molecule has 3 rings (SSSR count). The van der Waals surface area contributed by atoms with Crippen LogP contribution in [0.1, 0.15) is 35.7 Å². The molecule has 3 aromatic rings. The van der Waals surface area contributed by atoms with Crippen molar-refractivity contribution >= 4 is 11.9 Å². The van der Waals surface area contributed by atoms with Gasteiger partial charge in [0.05, 0.1) is 13.7 Å². The molecule has 0 aliphatic carbocycles. The number of carbonyl (C=O) groups is 1. The molecule has 0 radical (unpaired) electrons. The minimum absolute atomic E-state index is 0.0213. The van der Waals surface area contributed by atoms with Gasteiger partial charge in [0.1, 0.15) is 11.5 Å². The van der Waals surface area contributed by atoms with Crippen LogP contribution < -0.4 is 9.47 Å². The topological polar surface area (TPSA) is 35.5 Å². The Labute approximate surface area is 172 Å². The summed E-state index contributed by atoms with van der Waals surface area (Å²) in [5.41, 5.74) is 3.79. The molecular formula is C26H26O3. The fourth-order valence-corrected chi connectivity index (χ4v) is 2.89. The minimum Gasteiger partial charge on any atom is -0.497 e. The van der Waals surface area contributed by atoms with E-state index in [1.54, 1.807) is 13.2 Å². The lowest BCUT2D eigenvalue weighted by atomic mass is 10.0. The van der Waals surface area contributed by atoms with Gasteiger partial charge in [-0.25, -0.2) is 0 Å². The van der Waals surface area contributed by atoms with Crippen molar-refractivity contribution in [3.05, 3.63) is 90.0 Å². The van der Waals surface area contributed by atoms with Crippen molar-refractivity contribution in [1.29, 1.82) is 0 Å². The van der Waals surface area contributed by atoms with Gasteiger partial charge >= 0.3 is 0 Å². The number of methoxy groups -OCH3 is 1. The van der Waals surface area contributed by atoms with Gasteiger partial charge in [-0.1, -0.05) is 68.0 Å². The summed E-state index contributed by atoms with van der Waals surface area (Å²) >= 11 is 0. The molecule has 3 nitrogen and oxygen atoms in total. The van der Waals surface area contributed by atoms with Gasteiger partial charge in [0.2, 0.25) is 0 Å². The van der Waals surface area contributed by atoms with Crippen LogP contribution in [0.3, 0.4) is 0 Å². The fraction of sp³-hybridized carbons (Fsp3) is 0.192. The van der Waals surface area contributed by atoms with E-state index in [0.29, 0.717) is 5.56 Å². The molecule has 29 heavy (non-hydrogen) atoms. The first-order valence-corrected chi connectivity index (χ1v) is 9.89. The molecular weight excluding hydrogens is 360 g/mol. The largest absolute Gasteiger partial charge is 0.497 e. The van der Waals surface area contributed by atoms with Crippen LogP contribution in [0.4, 0.5) is 0 Å². The van der Waals surface area contributed by atoms with Crippen molar-refractivity contribution < 1.29 is 14.3 Å². The van der Waals surface area contributed by atoms with Crippen molar-refractivity contribution in [2.45, 2.75) is 19.8 Å². The highest BCUT2D eigenvalue weighted by atomic mass is 16.5. The Balaban J connectivity index is 1.62. The maximum Gasteiger partial charge on any atom is 0.185 e. The summed E-state index contributed by atoms with van der Waals surface area (Å²) in [7, 11) is 1.63. The Morgan fingerprint density at radius 1 is 0.828 bits per heavy atom. The SMILES string of the molecule is CCCCOc1ccc(-c2ccc(C(=O)/C=C/c3ccc(OC)cc3)cc2)cc1. The maximum absolute atomic E-state index is 12.4. The molecule has 148 valence electrons. The summed E-state index contributed by atoms with van der Waals surface area (Å²) in [6.45, 7) is 2.90. The van der Waals surface area contributed by atoms with Gasteiger partial charge < -0.3 is 9.47 Å². The zero-order valence-electron chi connectivity index (χ0n) is 16.9. The van der Waals surface area contributed by atoms with E-state index in [0.717, 1.165) is 47.6 Å². The number of ether oxygens (including phenoxy) is 2. The molecule has 0 N–H and O–H groups in total. The number of carbonyl (C=O) groups excluding carboxylic acids is 1. The summed E-state index contributed by atoms with van der Waals surface area (Å²) < 4.78 is 10.8. The predicted molar refractivity (Wildman–Crippen MR) is 119 cm³/mol. The van der Waals surface area contributed by atoms with Gasteiger partial charge in [-0.2, -0.15) is 0 Å². The summed E-state index contributed by atoms with van der Waals surface area (Å²) in [5, 5.41) is 0. The van der Waals surface area contributed by atoms with Crippen LogP contribution in [0.15, 0.2) is 78.9 Å². The summed E-state index contributed by atoms with van der Waals surface area (Å²) in [6.07, 6.45) is 5.59. The van der Waals surface area contributed by atoms with Gasteiger partial charge in [-0.3, -0.25) is 4.79 Å². The number of unbranched alkanes of at least 4 members (excludes halogenated alkanes) is 1. The van der Waals surface area contributed by atoms with E-state index in [9.17, 15) is 4.79 Å². The zero-order valence-corrected chi connectivity index (χ0v) is 16.9. The standard InChI is InChI=1S/C26H26O3/c1-3-4-19-29-25-16-12-22(13-17-25)21-8-10-23(11-9-21)26(27)18-7-20-5-14-24(28-2)15-6-20/h5-18H,3-4,19H2,1-2H3/b18-7+. The molecule has 0 aliphatic heterocycles. The molecule has 0 aromatic heterocycles. The average Bonchev–Trinajstić information content (AvgIpc) is 2.78. The third-order valence-electron chi connectivity index (χ3n) is 4.67. The van der Waals surface area contributed by atoms with E-state index >= 15 is 0 Å². The highest BCUT2D eigenvalue weighted by Gasteiger charge is 2.04. The Morgan fingerprint density at radius 3 is 2.00 bits per heavy atom. The van der Waals surface area contributed by atoms with Crippen LogP contribution in [-0.4, -0.2) is 19.5 Å². The molecule has 0 atom stereocenters. The number of hydrogen-bond donors (Lipinski definition) is 0. The van der Waals surface area contributed by atoms with Gasteiger partial charge in [-0.15, -0.1) is 0 Å². The van der Waals surface area contributed by atoms with Crippen molar-refractivity contribution in [1.82, 2.24) is 0 Å². The lowest BCUT2D eigenvalue weighted by Gasteiger charge is -2.07. The Kier molecular flexibility index (Phi) is 7.23. The van der Waals surface area contributed by atoms with Crippen LogP contribution in [0, 0.1) is 0 Å². The molecule has 3 aromatic carbocycles. The van der Waals surface area contributed by atoms with E-state index in [1.165, 1.54) is 0 Å². The zero-order chi connectivity index (χ0) is 20.5. The van der Waals surface area contributed by atoms with Crippen LogP contribution in [-0.2, 0) is 0 Å². The van der Waals surface area contributed by atoms with E-state index in [-0.39, 0.29) is 5.78 Å². The number of hydrogen-bond acceptors (Lipinski definition) is 3. The minimum atomic E-state index is -0.0213. The van der Waals surface area contributed by atoms with Crippen LogP contribution >= 0.6 is 0 Å². The highest BCUT2D eigenvalue weighted by Crippen LogP contribution is 2.23. The second-order valence-corrected chi connectivity index (χ2v) is 6.77. The van der Waals surface area contributed by atoms with Gasteiger partial charge in [-0.05, 0) is 53.5 Å². The quantitative estimate of drug-likeness (QED) is 0.241. The van der Waals surface area contributed by atoms with E-state index in [2.05, 4.69) is 6.92 Å².